The second-order valence-electron chi connectivity index (χ2n) is 3.63. The van der Waals surface area contributed by atoms with Crippen molar-refractivity contribution in [2.24, 2.45) is 10.9 Å². The predicted octanol–water partition coefficient (Wildman–Crippen LogP) is 2.03. The number of nitrogens with two attached hydrogens (primary N) is 1. The lowest BCUT2D eigenvalue weighted by Gasteiger charge is -2.06. The summed E-state index contributed by atoms with van der Waals surface area (Å²) in [7, 11) is 0. The Labute approximate surface area is 109 Å². The van der Waals surface area contributed by atoms with E-state index in [0.29, 0.717) is 10.7 Å². The first-order valence-electron chi connectivity index (χ1n) is 5.24. The van der Waals surface area contributed by atoms with Crippen LogP contribution in [0.25, 0.3) is 0 Å². The molecule has 1 aromatic heterocycles. The molecule has 0 aliphatic carbocycles. The van der Waals surface area contributed by atoms with Crippen molar-refractivity contribution in [3.8, 4) is 0 Å². The van der Waals surface area contributed by atoms with E-state index in [1.165, 1.54) is 11.8 Å². The third-order valence-corrected chi connectivity index (χ3v) is 3.20. The van der Waals surface area contributed by atoms with Crippen LogP contribution in [-0.2, 0) is 0 Å². The fourth-order valence-electron chi connectivity index (χ4n) is 1.35. The van der Waals surface area contributed by atoms with Crippen LogP contribution in [0.5, 0.6) is 0 Å². The highest BCUT2D eigenvalue weighted by molar-refractivity contribution is 7.99. The summed E-state index contributed by atoms with van der Waals surface area (Å²) in [6.07, 6.45) is 3.50. The van der Waals surface area contributed by atoms with E-state index < -0.39 is 0 Å². The first-order valence-corrected chi connectivity index (χ1v) is 6.06. The van der Waals surface area contributed by atoms with E-state index >= 15 is 0 Å². The number of nitrogens with zero attached hydrogens (tertiary/aromatic N) is 3. The number of oxime groups is 1. The van der Waals surface area contributed by atoms with Crippen molar-refractivity contribution in [3.05, 3.63) is 47.8 Å². The summed E-state index contributed by atoms with van der Waals surface area (Å²) in [5.41, 5.74) is 7.28. The maximum atomic E-state index is 8.74. The van der Waals surface area contributed by atoms with E-state index in [1.807, 2.05) is 25.1 Å². The zero-order valence-electron chi connectivity index (χ0n) is 9.74. The van der Waals surface area contributed by atoms with Gasteiger partial charge in [0.15, 0.2) is 11.0 Å². The number of rotatable bonds is 3. The zero-order chi connectivity index (χ0) is 13.0. The average Bonchev–Trinajstić information content (AvgIpc) is 2.41. The largest absolute Gasteiger partial charge is 0.409 e. The quantitative estimate of drug-likeness (QED) is 0.290. The highest BCUT2D eigenvalue weighted by Crippen LogP contribution is 2.27. The Kier molecular flexibility index (Phi) is 3.78. The van der Waals surface area contributed by atoms with E-state index in [9.17, 15) is 0 Å². The molecule has 0 atom stereocenters. The molecule has 1 heterocycles. The molecule has 0 aliphatic heterocycles. The summed E-state index contributed by atoms with van der Waals surface area (Å²) in [5.74, 6) is 0.0743. The average molecular weight is 260 g/mol. The monoisotopic (exact) mass is 260 g/mol. The number of hydrogen-bond acceptors (Lipinski definition) is 5. The van der Waals surface area contributed by atoms with Gasteiger partial charge >= 0.3 is 0 Å². The molecule has 0 saturated heterocycles. The smallest absolute Gasteiger partial charge is 0.192 e. The summed E-state index contributed by atoms with van der Waals surface area (Å²) in [4.78, 5) is 9.26. The molecule has 0 aliphatic rings. The molecule has 0 radical (unpaired) electrons. The van der Waals surface area contributed by atoms with Gasteiger partial charge in [-0.2, -0.15) is 0 Å². The summed E-state index contributed by atoms with van der Waals surface area (Å²) < 4.78 is 0. The topological polar surface area (TPSA) is 84.4 Å². The van der Waals surface area contributed by atoms with Crippen LogP contribution in [-0.4, -0.2) is 21.0 Å². The molecule has 5 nitrogen and oxygen atoms in total. The molecule has 2 aromatic rings. The third-order valence-electron chi connectivity index (χ3n) is 2.23. The molecule has 6 heteroatoms. The van der Waals surface area contributed by atoms with Gasteiger partial charge in [-0.3, -0.25) is 0 Å². The van der Waals surface area contributed by atoms with Crippen LogP contribution >= 0.6 is 11.8 Å². The third kappa shape index (κ3) is 2.78. The van der Waals surface area contributed by atoms with Gasteiger partial charge < -0.3 is 10.9 Å². The van der Waals surface area contributed by atoms with Crippen LogP contribution < -0.4 is 5.73 Å². The van der Waals surface area contributed by atoms with Crippen LogP contribution in [0.15, 0.2) is 51.9 Å². The van der Waals surface area contributed by atoms with Gasteiger partial charge in [0.1, 0.15) is 0 Å². The Morgan fingerprint density at radius 3 is 2.61 bits per heavy atom. The van der Waals surface area contributed by atoms with E-state index in [-0.39, 0.29) is 5.84 Å². The summed E-state index contributed by atoms with van der Waals surface area (Å²) in [6, 6.07) is 7.37. The number of amidine groups is 1. The normalized spacial score (nSPS) is 11.5. The van der Waals surface area contributed by atoms with Gasteiger partial charge in [0.05, 0.1) is 0 Å². The lowest BCUT2D eigenvalue weighted by atomic mass is 10.2. The van der Waals surface area contributed by atoms with Gasteiger partial charge in [-0.25, -0.2) is 9.97 Å². The van der Waals surface area contributed by atoms with Gasteiger partial charge in [0.25, 0.3) is 0 Å². The van der Waals surface area contributed by atoms with Gasteiger partial charge in [-0.1, -0.05) is 23.4 Å². The Balaban J connectivity index is 2.32. The van der Waals surface area contributed by atoms with Gasteiger partial charge in [0, 0.05) is 22.9 Å². The highest BCUT2D eigenvalue weighted by atomic mass is 32.2. The van der Waals surface area contributed by atoms with Crippen molar-refractivity contribution in [3.63, 3.8) is 0 Å². The van der Waals surface area contributed by atoms with Crippen LogP contribution in [0.2, 0.25) is 0 Å². The van der Waals surface area contributed by atoms with Gasteiger partial charge in [-0.15, -0.1) is 0 Å². The molecule has 0 amide bonds. The van der Waals surface area contributed by atoms with Crippen molar-refractivity contribution < 1.29 is 5.21 Å². The van der Waals surface area contributed by atoms with Crippen molar-refractivity contribution in [2.45, 2.75) is 17.0 Å². The molecule has 2 rings (SSSR count). The first-order chi connectivity index (χ1) is 8.70. The van der Waals surface area contributed by atoms with Crippen molar-refractivity contribution in [1.82, 2.24) is 9.97 Å². The highest BCUT2D eigenvalue weighted by Gasteiger charge is 2.09. The molecule has 0 saturated carbocycles. The van der Waals surface area contributed by atoms with Crippen molar-refractivity contribution in [2.75, 3.05) is 0 Å². The summed E-state index contributed by atoms with van der Waals surface area (Å²) in [5, 5.41) is 12.4. The Morgan fingerprint density at radius 1 is 1.28 bits per heavy atom. The lowest BCUT2D eigenvalue weighted by Crippen LogP contribution is -2.14. The van der Waals surface area contributed by atoms with Crippen molar-refractivity contribution in [1.29, 1.82) is 0 Å². The predicted molar refractivity (Wildman–Crippen MR) is 69.8 cm³/mol. The minimum atomic E-state index is 0.0743. The molecular formula is C12H12N4OS. The molecule has 0 spiro atoms. The van der Waals surface area contributed by atoms with E-state index in [0.717, 1.165) is 10.5 Å². The maximum Gasteiger partial charge on any atom is 0.192 e. The van der Waals surface area contributed by atoms with Crippen LogP contribution in [0.1, 0.15) is 11.1 Å². The molecule has 1 aromatic carbocycles. The number of aryl methyl sites for hydroxylation is 1. The van der Waals surface area contributed by atoms with Crippen LogP contribution in [0.3, 0.4) is 0 Å². The first kappa shape index (κ1) is 12.4. The summed E-state index contributed by atoms with van der Waals surface area (Å²) >= 11 is 1.37. The van der Waals surface area contributed by atoms with Crippen molar-refractivity contribution >= 4 is 17.6 Å². The van der Waals surface area contributed by atoms with Crippen LogP contribution in [0, 0.1) is 6.92 Å². The fraction of sp³-hybridized carbons (Fsp3) is 0.0833. The molecule has 0 unspecified atom stereocenters. The SMILES string of the molecule is Cc1cnc(Sc2ccccc2/C(N)=N/O)nc1. The molecule has 3 N–H and O–H groups in total. The minimum absolute atomic E-state index is 0.0743. The van der Waals surface area contributed by atoms with E-state index in [2.05, 4.69) is 15.1 Å². The summed E-state index contributed by atoms with van der Waals surface area (Å²) in [6.45, 7) is 1.93. The lowest BCUT2D eigenvalue weighted by molar-refractivity contribution is 0.318. The minimum Gasteiger partial charge on any atom is -0.409 e. The number of aromatic nitrogens is 2. The van der Waals surface area contributed by atoms with E-state index in [4.69, 9.17) is 10.9 Å². The molecule has 18 heavy (non-hydrogen) atoms. The number of hydrogen-bond donors (Lipinski definition) is 2. The zero-order valence-corrected chi connectivity index (χ0v) is 10.6. The maximum absolute atomic E-state index is 8.74. The molecule has 0 bridgehead atoms. The fourth-order valence-corrected chi connectivity index (χ4v) is 2.19. The van der Waals surface area contributed by atoms with Gasteiger partial charge in [0.2, 0.25) is 0 Å². The van der Waals surface area contributed by atoms with Gasteiger partial charge in [-0.05, 0) is 30.3 Å². The second kappa shape index (κ2) is 5.50. The Morgan fingerprint density at radius 2 is 1.94 bits per heavy atom. The van der Waals surface area contributed by atoms with E-state index in [1.54, 1.807) is 18.5 Å². The Bertz CT molecular complexity index is 569. The standard InChI is InChI=1S/C12H12N4OS/c1-8-6-14-12(15-7-8)18-10-5-3-2-4-9(10)11(13)16-17/h2-7,17H,1H3,(H2,13,16). The molecular weight excluding hydrogens is 248 g/mol. The molecule has 0 fully saturated rings. The number of benzene rings is 1. The Hall–Kier alpha value is -2.08. The molecule has 92 valence electrons. The van der Waals surface area contributed by atoms with Crippen LogP contribution in [0.4, 0.5) is 0 Å². The second-order valence-corrected chi connectivity index (χ2v) is 4.64.